The number of halogens is 1. The van der Waals surface area contributed by atoms with Crippen molar-refractivity contribution in [1.29, 1.82) is 0 Å². The lowest BCUT2D eigenvalue weighted by Crippen LogP contribution is -2.37. The second kappa shape index (κ2) is 11.8. The predicted octanol–water partition coefficient (Wildman–Crippen LogP) is 4.48. The van der Waals surface area contributed by atoms with Crippen molar-refractivity contribution in [3.63, 3.8) is 0 Å². The summed E-state index contributed by atoms with van der Waals surface area (Å²) in [5.41, 5.74) is -1.34. The standard InChI is InChI=1S/C31H22BrN5O8S/c1-45-21-10-12-22(13-11-21)46(43,44)34-29(38)28-27(36-30(39)23-7-2-3-8-25(23)33-31(36)40)24-16-19(32)9-14-26(24)35(28)17-18-5-4-6-20(15-18)37(41)42/h2-16H,17H2,1H3,(H,33,40)(H,34,38). The topological polar surface area (TPSA) is 175 Å². The average molecular weight is 705 g/mol. The summed E-state index contributed by atoms with van der Waals surface area (Å²) in [5, 5.41) is 11.9. The van der Waals surface area contributed by atoms with Gasteiger partial charge in [-0.15, -0.1) is 0 Å². The molecule has 0 radical (unpaired) electrons. The van der Waals surface area contributed by atoms with Crippen LogP contribution in [0.25, 0.3) is 27.5 Å². The number of aromatic amines is 1. The third-order valence-electron chi connectivity index (χ3n) is 7.30. The molecule has 0 aliphatic heterocycles. The molecule has 6 aromatic rings. The summed E-state index contributed by atoms with van der Waals surface area (Å²) < 4.78 is 36.8. The molecular weight excluding hydrogens is 682 g/mol. The number of methoxy groups -OCH3 is 1. The number of nitrogens with zero attached hydrogens (tertiary/aromatic N) is 3. The zero-order chi connectivity index (χ0) is 32.7. The predicted molar refractivity (Wildman–Crippen MR) is 173 cm³/mol. The molecule has 1 amide bonds. The van der Waals surface area contributed by atoms with Gasteiger partial charge in [0.1, 0.15) is 11.4 Å². The van der Waals surface area contributed by atoms with E-state index >= 15 is 0 Å². The first kappa shape index (κ1) is 30.5. The molecule has 232 valence electrons. The van der Waals surface area contributed by atoms with E-state index in [2.05, 4.69) is 25.6 Å². The minimum atomic E-state index is -4.48. The first-order chi connectivity index (χ1) is 22.0. The second-order valence-corrected chi connectivity index (χ2v) is 12.7. The molecular formula is C31H22BrN5O8S. The second-order valence-electron chi connectivity index (χ2n) is 10.1. The molecule has 2 aromatic heterocycles. The van der Waals surface area contributed by atoms with Gasteiger partial charge in [-0.3, -0.25) is 19.7 Å². The maximum Gasteiger partial charge on any atom is 0.333 e. The molecule has 13 nitrogen and oxygen atoms in total. The number of amides is 1. The van der Waals surface area contributed by atoms with Crippen LogP contribution in [0.3, 0.4) is 0 Å². The Morgan fingerprint density at radius 1 is 0.978 bits per heavy atom. The summed E-state index contributed by atoms with van der Waals surface area (Å²) in [5.74, 6) is -0.756. The molecule has 0 unspecified atom stereocenters. The number of nitro benzene ring substituents is 1. The molecule has 0 bridgehead atoms. The van der Waals surface area contributed by atoms with Gasteiger partial charge in [-0.05, 0) is 60.2 Å². The number of carbonyl (C=O) groups excluding carboxylic acids is 1. The molecule has 46 heavy (non-hydrogen) atoms. The number of non-ortho nitro benzene ring substituents is 1. The molecule has 0 saturated carbocycles. The van der Waals surface area contributed by atoms with Crippen molar-refractivity contribution in [3.8, 4) is 11.4 Å². The number of hydrogen-bond donors (Lipinski definition) is 2. The van der Waals surface area contributed by atoms with Gasteiger partial charge < -0.3 is 14.3 Å². The van der Waals surface area contributed by atoms with Crippen LogP contribution in [0, 0.1) is 10.1 Å². The smallest absolute Gasteiger partial charge is 0.333 e. The van der Waals surface area contributed by atoms with Crippen molar-refractivity contribution in [2.24, 2.45) is 0 Å². The Morgan fingerprint density at radius 3 is 2.43 bits per heavy atom. The number of nitrogens with one attached hydrogen (secondary N) is 2. The molecule has 0 saturated heterocycles. The monoisotopic (exact) mass is 703 g/mol. The lowest BCUT2D eigenvalue weighted by Gasteiger charge is -2.14. The summed E-state index contributed by atoms with van der Waals surface area (Å²) >= 11 is 3.41. The lowest BCUT2D eigenvalue weighted by molar-refractivity contribution is -0.384. The number of fused-ring (bicyclic) bond motifs is 2. The van der Waals surface area contributed by atoms with Crippen molar-refractivity contribution in [2.45, 2.75) is 11.4 Å². The maximum atomic E-state index is 14.2. The summed E-state index contributed by atoms with van der Waals surface area (Å²) in [6.45, 7) is -0.161. The molecule has 0 aliphatic rings. The number of H-pyrrole nitrogens is 1. The Morgan fingerprint density at radius 2 is 1.72 bits per heavy atom. The van der Waals surface area contributed by atoms with Gasteiger partial charge in [0, 0.05) is 28.5 Å². The van der Waals surface area contributed by atoms with Crippen LogP contribution in [-0.2, 0) is 16.6 Å². The highest BCUT2D eigenvalue weighted by Gasteiger charge is 2.30. The molecule has 6 rings (SSSR count). The fourth-order valence-electron chi connectivity index (χ4n) is 5.23. The normalized spacial score (nSPS) is 11.5. The van der Waals surface area contributed by atoms with Crippen LogP contribution >= 0.6 is 15.9 Å². The fourth-order valence-corrected chi connectivity index (χ4v) is 6.54. The summed E-state index contributed by atoms with van der Waals surface area (Å²) in [4.78, 5) is 55.0. The van der Waals surface area contributed by atoms with Gasteiger partial charge in [0.25, 0.3) is 27.2 Å². The van der Waals surface area contributed by atoms with Gasteiger partial charge in [-0.1, -0.05) is 40.2 Å². The van der Waals surface area contributed by atoms with Gasteiger partial charge >= 0.3 is 5.69 Å². The Bertz CT molecular complexity index is 2430. The number of sulfonamides is 1. The van der Waals surface area contributed by atoms with Crippen molar-refractivity contribution in [2.75, 3.05) is 7.11 Å². The molecule has 0 atom stereocenters. The number of carbonyl (C=O) groups is 1. The molecule has 15 heteroatoms. The Kier molecular flexibility index (Phi) is 7.79. The van der Waals surface area contributed by atoms with E-state index in [4.69, 9.17) is 4.74 Å². The highest BCUT2D eigenvalue weighted by atomic mass is 79.9. The van der Waals surface area contributed by atoms with E-state index in [-0.39, 0.29) is 44.8 Å². The molecule has 2 N–H and O–H groups in total. The number of nitro groups is 1. The quantitative estimate of drug-likeness (QED) is 0.172. The number of aromatic nitrogens is 3. The first-order valence-corrected chi connectivity index (χ1v) is 15.8. The minimum absolute atomic E-state index is 0.147. The zero-order valence-corrected chi connectivity index (χ0v) is 26.2. The van der Waals surface area contributed by atoms with Gasteiger partial charge in [0.2, 0.25) is 0 Å². The minimum Gasteiger partial charge on any atom is -0.497 e. The maximum absolute atomic E-state index is 14.2. The Labute approximate surface area is 268 Å². The van der Waals surface area contributed by atoms with Crippen LogP contribution in [0.15, 0.2) is 110 Å². The number of hydrogen-bond acceptors (Lipinski definition) is 8. The molecule has 0 aliphatic carbocycles. The van der Waals surface area contributed by atoms with E-state index in [1.807, 2.05) is 0 Å². The zero-order valence-electron chi connectivity index (χ0n) is 23.8. The first-order valence-electron chi connectivity index (χ1n) is 13.5. The van der Waals surface area contributed by atoms with Crippen LogP contribution in [0.2, 0.25) is 0 Å². The number of ether oxygens (including phenoxy) is 1. The van der Waals surface area contributed by atoms with E-state index in [1.54, 1.807) is 42.5 Å². The van der Waals surface area contributed by atoms with Crippen LogP contribution < -0.4 is 20.7 Å². The largest absolute Gasteiger partial charge is 0.497 e. The number of rotatable bonds is 8. The SMILES string of the molecule is COc1ccc(S(=O)(=O)NC(=O)c2c(-n3c(=O)[nH]c4ccccc4c3=O)c3cc(Br)ccc3n2Cc2cccc([N+](=O)[O-])c2)cc1. The fraction of sp³-hybridized carbons (Fsp3) is 0.0645. The van der Waals surface area contributed by atoms with Crippen molar-refractivity contribution >= 4 is 59.4 Å². The van der Waals surface area contributed by atoms with Gasteiger partial charge in [0.05, 0.1) is 39.0 Å². The highest BCUT2D eigenvalue weighted by molar-refractivity contribution is 9.10. The van der Waals surface area contributed by atoms with Gasteiger partial charge in [0.15, 0.2) is 0 Å². The highest BCUT2D eigenvalue weighted by Crippen LogP contribution is 2.33. The van der Waals surface area contributed by atoms with E-state index in [0.717, 1.165) is 4.57 Å². The third-order valence-corrected chi connectivity index (χ3v) is 9.14. The summed E-state index contributed by atoms with van der Waals surface area (Å²) in [6, 6.07) is 22.2. The molecule has 0 fully saturated rings. The van der Waals surface area contributed by atoms with Crippen LogP contribution in [0.5, 0.6) is 5.75 Å². The van der Waals surface area contributed by atoms with Crippen molar-refractivity contribution in [3.05, 3.63) is 138 Å². The Balaban J connectivity index is 1.64. The van der Waals surface area contributed by atoms with Crippen molar-refractivity contribution in [1.82, 2.24) is 18.8 Å². The van der Waals surface area contributed by atoms with E-state index in [9.17, 15) is 32.9 Å². The molecule has 2 heterocycles. The van der Waals surface area contributed by atoms with Gasteiger partial charge in [-0.25, -0.2) is 22.5 Å². The van der Waals surface area contributed by atoms with E-state index in [1.165, 1.54) is 60.2 Å². The summed E-state index contributed by atoms with van der Waals surface area (Å²) in [6.07, 6.45) is 0. The molecule has 0 spiro atoms. The third kappa shape index (κ3) is 5.46. The van der Waals surface area contributed by atoms with Gasteiger partial charge in [-0.2, -0.15) is 0 Å². The van der Waals surface area contributed by atoms with Crippen LogP contribution in [0.1, 0.15) is 16.1 Å². The average Bonchev–Trinajstić information content (AvgIpc) is 3.33. The van der Waals surface area contributed by atoms with Crippen LogP contribution in [-0.4, -0.2) is 40.5 Å². The number of para-hydroxylation sites is 1. The van der Waals surface area contributed by atoms with E-state index in [0.29, 0.717) is 21.3 Å². The Hall–Kier alpha value is -5.54. The lowest BCUT2D eigenvalue weighted by atomic mass is 10.2. The van der Waals surface area contributed by atoms with Crippen LogP contribution in [0.4, 0.5) is 5.69 Å². The number of benzene rings is 4. The van der Waals surface area contributed by atoms with E-state index < -0.39 is 32.1 Å². The summed E-state index contributed by atoms with van der Waals surface area (Å²) in [7, 11) is -3.06. The molecule has 4 aromatic carbocycles. The van der Waals surface area contributed by atoms with Crippen molar-refractivity contribution < 1.29 is 22.9 Å².